The zero-order valence-electron chi connectivity index (χ0n) is 7.75. The van der Waals surface area contributed by atoms with E-state index in [4.69, 9.17) is 11.6 Å². The Kier molecular flexibility index (Phi) is 3.04. The van der Waals surface area contributed by atoms with Crippen LogP contribution in [0.25, 0.3) is 0 Å². The lowest BCUT2D eigenvalue weighted by molar-refractivity contribution is -0.114. The second-order valence-electron chi connectivity index (χ2n) is 3.72. The first-order valence-corrected chi connectivity index (χ1v) is 4.49. The minimum Gasteiger partial charge on any atom is -0.303 e. The van der Waals surface area contributed by atoms with E-state index in [-0.39, 0.29) is 0 Å². The molecule has 13 heavy (non-hydrogen) atoms. The highest BCUT2D eigenvalue weighted by atomic mass is 35.5. The fourth-order valence-corrected chi connectivity index (χ4v) is 1.21. The van der Waals surface area contributed by atoms with Crippen molar-refractivity contribution in [2.24, 2.45) is 5.41 Å². The highest BCUT2D eigenvalue weighted by Crippen LogP contribution is 2.22. The third-order valence-corrected chi connectivity index (χ3v) is 2.12. The van der Waals surface area contributed by atoms with Gasteiger partial charge in [-0.15, -0.1) is 0 Å². The molecule has 0 aromatic carbocycles. The van der Waals surface area contributed by atoms with Crippen molar-refractivity contribution in [1.29, 1.82) is 0 Å². The Bertz CT molecular complexity index is 310. The van der Waals surface area contributed by atoms with Crippen molar-refractivity contribution in [1.82, 2.24) is 4.98 Å². The minimum absolute atomic E-state index is 0.391. The predicted octanol–water partition coefficient (Wildman–Crippen LogP) is 2.50. The van der Waals surface area contributed by atoms with Crippen molar-refractivity contribution in [3.05, 3.63) is 29.0 Å². The first kappa shape index (κ1) is 10.2. The van der Waals surface area contributed by atoms with Crippen LogP contribution in [0.3, 0.4) is 0 Å². The van der Waals surface area contributed by atoms with Crippen LogP contribution in [0.2, 0.25) is 5.02 Å². The number of pyridine rings is 1. The number of carbonyl (C=O) groups is 1. The maximum absolute atomic E-state index is 10.7. The van der Waals surface area contributed by atoms with Crippen LogP contribution < -0.4 is 0 Å². The molecular weight excluding hydrogens is 186 g/mol. The van der Waals surface area contributed by atoms with E-state index in [9.17, 15) is 4.79 Å². The Morgan fingerprint density at radius 1 is 1.62 bits per heavy atom. The van der Waals surface area contributed by atoms with Crippen LogP contribution in [0.15, 0.2) is 18.3 Å². The molecule has 0 atom stereocenters. The molecule has 0 fully saturated rings. The van der Waals surface area contributed by atoms with Gasteiger partial charge in [0.25, 0.3) is 0 Å². The van der Waals surface area contributed by atoms with Gasteiger partial charge in [-0.05, 0) is 12.1 Å². The molecule has 0 amide bonds. The highest BCUT2D eigenvalue weighted by molar-refractivity contribution is 6.31. The molecule has 0 saturated carbocycles. The van der Waals surface area contributed by atoms with E-state index in [1.54, 1.807) is 18.3 Å². The zero-order chi connectivity index (χ0) is 9.90. The van der Waals surface area contributed by atoms with Gasteiger partial charge in [-0.2, -0.15) is 0 Å². The molecule has 0 N–H and O–H groups in total. The van der Waals surface area contributed by atoms with E-state index in [2.05, 4.69) is 4.98 Å². The second-order valence-corrected chi connectivity index (χ2v) is 4.12. The molecule has 0 radical (unpaired) electrons. The van der Waals surface area contributed by atoms with Crippen LogP contribution in [0.4, 0.5) is 0 Å². The predicted molar refractivity (Wildman–Crippen MR) is 52.8 cm³/mol. The molecule has 3 heteroatoms. The van der Waals surface area contributed by atoms with Crippen LogP contribution >= 0.6 is 11.6 Å². The molecule has 0 spiro atoms. The number of carbonyl (C=O) groups excluding carboxylic acids is 1. The highest BCUT2D eigenvalue weighted by Gasteiger charge is 2.19. The van der Waals surface area contributed by atoms with Gasteiger partial charge < -0.3 is 4.79 Å². The molecule has 2 nitrogen and oxygen atoms in total. The summed E-state index contributed by atoms with van der Waals surface area (Å²) in [6.07, 6.45) is 3.19. The lowest BCUT2D eigenvalue weighted by atomic mass is 9.89. The summed E-state index contributed by atoms with van der Waals surface area (Å²) in [6, 6.07) is 3.56. The lowest BCUT2D eigenvalue weighted by Crippen LogP contribution is -2.17. The molecule has 0 bridgehead atoms. The number of hydrogen-bond acceptors (Lipinski definition) is 2. The van der Waals surface area contributed by atoms with Crippen LogP contribution in [0.1, 0.15) is 19.5 Å². The van der Waals surface area contributed by atoms with E-state index in [0.717, 1.165) is 12.0 Å². The average molecular weight is 198 g/mol. The van der Waals surface area contributed by atoms with Crippen molar-refractivity contribution in [2.45, 2.75) is 20.3 Å². The number of aldehydes is 1. The van der Waals surface area contributed by atoms with E-state index in [1.165, 1.54) is 0 Å². The monoisotopic (exact) mass is 197 g/mol. The molecular formula is C10H12ClNO. The number of rotatable bonds is 3. The van der Waals surface area contributed by atoms with Crippen LogP contribution in [0, 0.1) is 5.41 Å². The summed E-state index contributed by atoms with van der Waals surface area (Å²) >= 11 is 5.91. The minimum atomic E-state index is -0.391. The largest absolute Gasteiger partial charge is 0.303 e. The van der Waals surface area contributed by atoms with Gasteiger partial charge in [0.2, 0.25) is 0 Å². The van der Waals surface area contributed by atoms with Crippen molar-refractivity contribution in [3.8, 4) is 0 Å². The van der Waals surface area contributed by atoms with Gasteiger partial charge in [0.1, 0.15) is 6.29 Å². The van der Waals surface area contributed by atoms with Crippen LogP contribution in [0.5, 0.6) is 0 Å². The van der Waals surface area contributed by atoms with E-state index >= 15 is 0 Å². The molecule has 0 aliphatic rings. The molecule has 0 saturated heterocycles. The second kappa shape index (κ2) is 3.88. The standard InChI is InChI=1S/C10H12ClNO/c1-10(2,7-13)6-9-8(11)4-3-5-12-9/h3-5,7H,6H2,1-2H3. The molecule has 1 heterocycles. The van der Waals surface area contributed by atoms with Gasteiger partial charge in [0, 0.05) is 18.0 Å². The van der Waals surface area contributed by atoms with Crippen molar-refractivity contribution in [2.75, 3.05) is 0 Å². The fourth-order valence-electron chi connectivity index (χ4n) is 1.02. The first-order valence-electron chi connectivity index (χ1n) is 4.11. The molecule has 70 valence electrons. The van der Waals surface area contributed by atoms with Crippen LogP contribution in [-0.4, -0.2) is 11.3 Å². The summed E-state index contributed by atoms with van der Waals surface area (Å²) < 4.78 is 0. The summed E-state index contributed by atoms with van der Waals surface area (Å²) in [5, 5.41) is 0.623. The maximum Gasteiger partial charge on any atom is 0.125 e. The molecule has 1 aromatic rings. The lowest BCUT2D eigenvalue weighted by Gasteiger charge is -2.16. The molecule has 1 rings (SSSR count). The van der Waals surface area contributed by atoms with Gasteiger partial charge in [0.15, 0.2) is 0 Å². The van der Waals surface area contributed by atoms with Crippen molar-refractivity contribution in [3.63, 3.8) is 0 Å². The number of halogens is 1. The number of nitrogens with zero attached hydrogens (tertiary/aromatic N) is 1. The third-order valence-electron chi connectivity index (χ3n) is 1.78. The van der Waals surface area contributed by atoms with Gasteiger partial charge in [0.05, 0.1) is 10.7 Å². The van der Waals surface area contributed by atoms with Gasteiger partial charge in [-0.3, -0.25) is 4.98 Å². The van der Waals surface area contributed by atoms with Gasteiger partial charge in [-0.1, -0.05) is 25.4 Å². The average Bonchev–Trinajstić information content (AvgIpc) is 2.09. The fraction of sp³-hybridized carbons (Fsp3) is 0.400. The third kappa shape index (κ3) is 2.81. The molecule has 0 aliphatic carbocycles. The Labute approximate surface area is 82.9 Å². The summed E-state index contributed by atoms with van der Waals surface area (Å²) in [5.41, 5.74) is 0.388. The Morgan fingerprint density at radius 2 is 2.31 bits per heavy atom. The van der Waals surface area contributed by atoms with E-state index in [0.29, 0.717) is 11.4 Å². The van der Waals surface area contributed by atoms with Gasteiger partial charge in [-0.25, -0.2) is 0 Å². The SMILES string of the molecule is CC(C)(C=O)Cc1ncccc1Cl. The topological polar surface area (TPSA) is 30.0 Å². The summed E-state index contributed by atoms with van der Waals surface area (Å²) in [6.45, 7) is 3.73. The van der Waals surface area contributed by atoms with E-state index in [1.807, 2.05) is 13.8 Å². The first-order chi connectivity index (χ1) is 6.05. The Morgan fingerprint density at radius 3 is 2.85 bits per heavy atom. The van der Waals surface area contributed by atoms with E-state index < -0.39 is 5.41 Å². The van der Waals surface area contributed by atoms with Crippen molar-refractivity contribution >= 4 is 17.9 Å². The van der Waals surface area contributed by atoms with Crippen molar-refractivity contribution < 1.29 is 4.79 Å². The summed E-state index contributed by atoms with van der Waals surface area (Å²) in [7, 11) is 0. The Balaban J connectivity index is 2.86. The normalized spacial score (nSPS) is 11.3. The zero-order valence-corrected chi connectivity index (χ0v) is 8.51. The van der Waals surface area contributed by atoms with Crippen LogP contribution in [-0.2, 0) is 11.2 Å². The Hall–Kier alpha value is -0.890. The smallest absolute Gasteiger partial charge is 0.125 e. The maximum atomic E-state index is 10.7. The quantitative estimate of drug-likeness (QED) is 0.697. The number of aromatic nitrogens is 1. The molecule has 1 aromatic heterocycles. The summed E-state index contributed by atoms with van der Waals surface area (Å²) in [5.74, 6) is 0. The molecule has 0 aliphatic heterocycles. The summed E-state index contributed by atoms with van der Waals surface area (Å²) in [4.78, 5) is 14.8. The van der Waals surface area contributed by atoms with Gasteiger partial charge >= 0.3 is 0 Å². The number of hydrogen-bond donors (Lipinski definition) is 0. The molecule has 0 unspecified atom stereocenters.